The van der Waals surface area contributed by atoms with Gasteiger partial charge in [-0.3, -0.25) is 4.90 Å². The van der Waals surface area contributed by atoms with E-state index in [0.717, 1.165) is 83.5 Å². The van der Waals surface area contributed by atoms with Crippen molar-refractivity contribution in [2.75, 3.05) is 13.4 Å². The van der Waals surface area contributed by atoms with Crippen molar-refractivity contribution in [2.45, 2.75) is 59.4 Å². The van der Waals surface area contributed by atoms with Crippen LogP contribution in [0.2, 0.25) is 0 Å². The molecule has 1 aromatic heterocycles. The monoisotopic (exact) mass is 602 g/mol. The van der Waals surface area contributed by atoms with Gasteiger partial charge in [0.2, 0.25) is 6.79 Å². The number of hydrogen-bond acceptors (Lipinski definition) is 6. The van der Waals surface area contributed by atoms with Crippen molar-refractivity contribution in [1.29, 1.82) is 0 Å². The molecule has 1 aliphatic rings. The minimum Gasteiger partial charge on any atom is -0.494 e. The van der Waals surface area contributed by atoms with Gasteiger partial charge in [0.1, 0.15) is 11.6 Å². The summed E-state index contributed by atoms with van der Waals surface area (Å²) < 4.78 is 19.6. The van der Waals surface area contributed by atoms with Crippen LogP contribution in [0.15, 0.2) is 97.1 Å². The third-order valence-corrected chi connectivity index (χ3v) is 8.14. The molecule has 0 aliphatic carbocycles. The Morgan fingerprint density at radius 2 is 1.53 bits per heavy atom. The van der Waals surface area contributed by atoms with Crippen molar-refractivity contribution in [3.63, 3.8) is 0 Å². The Morgan fingerprint density at radius 3 is 2.29 bits per heavy atom. The van der Waals surface area contributed by atoms with Gasteiger partial charge in [-0.1, -0.05) is 86.1 Å². The number of hydrogen-bond donors (Lipinski definition) is 1. The lowest BCUT2D eigenvalue weighted by molar-refractivity contribution is 0.174. The Hall–Kier alpha value is -4.59. The number of rotatable bonds is 14. The molecule has 7 nitrogen and oxygen atoms in total. The van der Waals surface area contributed by atoms with Crippen LogP contribution in [-0.4, -0.2) is 27.9 Å². The first-order chi connectivity index (χ1) is 22.1. The quantitative estimate of drug-likeness (QED) is 0.140. The van der Waals surface area contributed by atoms with Crippen LogP contribution in [0, 0.1) is 0 Å². The zero-order valence-corrected chi connectivity index (χ0v) is 26.2. The maximum absolute atomic E-state index is 5.95. The van der Waals surface area contributed by atoms with Gasteiger partial charge >= 0.3 is 0 Å². The van der Waals surface area contributed by atoms with E-state index in [1.165, 1.54) is 11.3 Å². The molecular weight excluding hydrogens is 560 g/mol. The second-order valence-electron chi connectivity index (χ2n) is 11.4. The first-order valence-electron chi connectivity index (χ1n) is 15.9. The van der Waals surface area contributed by atoms with Gasteiger partial charge in [0.25, 0.3) is 0 Å². The smallest absolute Gasteiger partial charge is 0.231 e. The summed E-state index contributed by atoms with van der Waals surface area (Å²) in [6, 6.07) is 33.7. The largest absolute Gasteiger partial charge is 0.494 e. The van der Waals surface area contributed by atoms with Gasteiger partial charge in [0.05, 0.1) is 18.0 Å². The lowest BCUT2D eigenvalue weighted by Gasteiger charge is -2.25. The molecule has 6 rings (SSSR count). The van der Waals surface area contributed by atoms with Crippen molar-refractivity contribution in [2.24, 2.45) is 5.73 Å². The fourth-order valence-electron chi connectivity index (χ4n) is 5.88. The molecule has 45 heavy (non-hydrogen) atoms. The van der Waals surface area contributed by atoms with Crippen molar-refractivity contribution in [1.82, 2.24) is 14.5 Å². The van der Waals surface area contributed by atoms with E-state index >= 15 is 0 Å². The van der Waals surface area contributed by atoms with E-state index in [4.69, 9.17) is 24.9 Å². The van der Waals surface area contributed by atoms with Crippen LogP contribution in [0.3, 0.4) is 0 Å². The van der Waals surface area contributed by atoms with E-state index in [2.05, 4.69) is 101 Å². The second-order valence-corrected chi connectivity index (χ2v) is 11.4. The second kappa shape index (κ2) is 14.5. The van der Waals surface area contributed by atoms with E-state index in [-0.39, 0.29) is 6.79 Å². The normalized spacial score (nSPS) is 12.2. The molecule has 0 atom stereocenters. The van der Waals surface area contributed by atoms with Gasteiger partial charge < -0.3 is 24.5 Å². The molecule has 232 valence electrons. The molecule has 2 heterocycles. The van der Waals surface area contributed by atoms with E-state index in [1.807, 2.05) is 19.1 Å². The lowest BCUT2D eigenvalue weighted by Crippen LogP contribution is -2.24. The molecule has 0 fully saturated rings. The van der Waals surface area contributed by atoms with Crippen LogP contribution in [0.1, 0.15) is 49.1 Å². The van der Waals surface area contributed by atoms with Gasteiger partial charge in [0.15, 0.2) is 11.5 Å². The van der Waals surface area contributed by atoms with Crippen LogP contribution in [0.4, 0.5) is 0 Å². The topological polar surface area (TPSA) is 74.8 Å². The maximum atomic E-state index is 5.95. The number of aromatic nitrogens is 2. The standard InChI is InChI=1S/C38H42N4O3/c1-3-5-20-42-34(37(31-17-14-28(23-39)15-18-31)40-38(42)32-11-7-6-8-12-32)26-41(24-29-10-9-13-33(21-29)43-4-2)25-30-16-19-35-36(22-30)45-27-44-35/h6-19,21-22H,3-5,20,23-27,39H2,1-2H3. The molecule has 0 radical (unpaired) electrons. The third-order valence-electron chi connectivity index (χ3n) is 8.14. The number of benzene rings is 4. The minimum atomic E-state index is 0.262. The minimum absolute atomic E-state index is 0.262. The predicted octanol–water partition coefficient (Wildman–Crippen LogP) is 7.81. The average Bonchev–Trinajstić information content (AvgIpc) is 3.69. The first-order valence-corrected chi connectivity index (χ1v) is 15.9. The highest BCUT2D eigenvalue weighted by Gasteiger charge is 2.23. The summed E-state index contributed by atoms with van der Waals surface area (Å²) >= 11 is 0. The highest BCUT2D eigenvalue weighted by molar-refractivity contribution is 5.68. The van der Waals surface area contributed by atoms with Crippen LogP contribution in [0.5, 0.6) is 17.2 Å². The predicted molar refractivity (Wildman–Crippen MR) is 179 cm³/mol. The van der Waals surface area contributed by atoms with E-state index in [1.54, 1.807) is 0 Å². The molecular formula is C38H42N4O3. The third kappa shape index (κ3) is 7.22. The molecule has 0 saturated carbocycles. The summed E-state index contributed by atoms with van der Waals surface area (Å²) in [6.07, 6.45) is 2.16. The summed E-state index contributed by atoms with van der Waals surface area (Å²) in [5.74, 6) is 3.48. The average molecular weight is 603 g/mol. The molecule has 0 unspecified atom stereocenters. The molecule has 2 N–H and O–H groups in total. The van der Waals surface area contributed by atoms with Gasteiger partial charge in [0, 0.05) is 43.9 Å². The van der Waals surface area contributed by atoms with Crippen molar-refractivity contribution < 1.29 is 14.2 Å². The molecule has 0 bridgehead atoms. The highest BCUT2D eigenvalue weighted by atomic mass is 16.7. The van der Waals surface area contributed by atoms with Crippen molar-refractivity contribution in [3.05, 3.63) is 119 Å². The van der Waals surface area contributed by atoms with Crippen LogP contribution < -0.4 is 19.9 Å². The molecule has 5 aromatic rings. The van der Waals surface area contributed by atoms with E-state index in [9.17, 15) is 0 Å². The number of fused-ring (bicyclic) bond motifs is 1. The van der Waals surface area contributed by atoms with Gasteiger partial charge in [-0.25, -0.2) is 4.98 Å². The Labute approximate surface area is 266 Å². The summed E-state index contributed by atoms with van der Waals surface area (Å²) in [6.45, 7) is 8.71. The summed E-state index contributed by atoms with van der Waals surface area (Å²) in [5, 5.41) is 0. The van der Waals surface area contributed by atoms with Crippen LogP contribution in [-0.2, 0) is 32.7 Å². The molecule has 4 aromatic carbocycles. The molecule has 1 aliphatic heterocycles. The Kier molecular flexibility index (Phi) is 9.78. The Bertz CT molecular complexity index is 1700. The number of nitrogens with two attached hydrogens (primary N) is 1. The van der Waals surface area contributed by atoms with Gasteiger partial charge in [-0.2, -0.15) is 0 Å². The number of unbranched alkanes of at least 4 members (excludes halogenated alkanes) is 1. The maximum Gasteiger partial charge on any atom is 0.231 e. The lowest BCUT2D eigenvalue weighted by atomic mass is 10.1. The van der Waals surface area contributed by atoms with E-state index in [0.29, 0.717) is 19.7 Å². The molecule has 7 heteroatoms. The molecule has 0 saturated heterocycles. The molecule has 0 amide bonds. The number of ether oxygens (including phenoxy) is 3. The van der Waals surface area contributed by atoms with Crippen molar-refractivity contribution in [3.8, 4) is 39.9 Å². The van der Waals surface area contributed by atoms with Gasteiger partial charge in [-0.15, -0.1) is 0 Å². The number of nitrogens with zero attached hydrogens (tertiary/aromatic N) is 3. The highest BCUT2D eigenvalue weighted by Crippen LogP contribution is 2.35. The fourth-order valence-corrected chi connectivity index (χ4v) is 5.88. The zero-order chi connectivity index (χ0) is 31.0. The SMILES string of the molecule is CCCCn1c(-c2ccccc2)nc(-c2ccc(CN)cc2)c1CN(Cc1cccc(OCC)c1)Cc1ccc2c(c1)OCO2. The van der Waals surface area contributed by atoms with Gasteiger partial charge in [-0.05, 0) is 54.3 Å². The Morgan fingerprint density at radius 1 is 0.778 bits per heavy atom. The van der Waals surface area contributed by atoms with Crippen LogP contribution in [0.25, 0.3) is 22.6 Å². The zero-order valence-electron chi connectivity index (χ0n) is 26.2. The summed E-state index contributed by atoms with van der Waals surface area (Å²) in [4.78, 5) is 7.84. The Balaban J connectivity index is 1.44. The van der Waals surface area contributed by atoms with Crippen molar-refractivity contribution >= 4 is 0 Å². The van der Waals surface area contributed by atoms with Crippen LogP contribution >= 0.6 is 0 Å². The fraction of sp³-hybridized carbons (Fsp3) is 0.289. The summed E-state index contributed by atoms with van der Waals surface area (Å²) in [5.41, 5.74) is 13.8. The van der Waals surface area contributed by atoms with E-state index < -0.39 is 0 Å². The summed E-state index contributed by atoms with van der Waals surface area (Å²) in [7, 11) is 0. The number of imidazole rings is 1. The molecule has 0 spiro atoms. The first kappa shape index (κ1) is 30.4.